The molecule has 1 aromatic rings. The van der Waals surface area contributed by atoms with E-state index in [-0.39, 0.29) is 5.91 Å². The van der Waals surface area contributed by atoms with E-state index in [1.165, 1.54) is 0 Å². The molecule has 1 aromatic carbocycles. The minimum absolute atomic E-state index is 0.264. The molecule has 0 saturated carbocycles. The van der Waals surface area contributed by atoms with E-state index >= 15 is 0 Å². The molecule has 0 radical (unpaired) electrons. The minimum atomic E-state index is 0.264. The lowest BCUT2D eigenvalue weighted by Crippen LogP contribution is -2.48. The van der Waals surface area contributed by atoms with E-state index in [0.29, 0.717) is 6.42 Å². The fourth-order valence-electron chi connectivity index (χ4n) is 2.57. The minimum Gasteiger partial charge on any atom is -0.399 e. The largest absolute Gasteiger partial charge is 0.399 e. The number of hydrogen-bond donors (Lipinski definition) is 1. The maximum atomic E-state index is 12.2. The molecule has 0 unspecified atom stereocenters. The second-order valence-corrected chi connectivity index (χ2v) is 5.51. The van der Waals surface area contributed by atoms with E-state index in [4.69, 9.17) is 5.73 Å². The Morgan fingerprint density at radius 3 is 2.55 bits per heavy atom. The van der Waals surface area contributed by atoms with Crippen LogP contribution in [-0.4, -0.2) is 48.4 Å². The van der Waals surface area contributed by atoms with Gasteiger partial charge in [0.15, 0.2) is 0 Å². The fraction of sp³-hybridized carbons (Fsp3) is 0.562. The molecule has 0 spiro atoms. The number of nitrogen functional groups attached to an aromatic ring is 1. The van der Waals surface area contributed by atoms with Crippen LogP contribution in [0.1, 0.15) is 24.5 Å². The first-order valence-corrected chi connectivity index (χ1v) is 7.45. The smallest absolute Gasteiger partial charge is 0.222 e. The predicted molar refractivity (Wildman–Crippen MR) is 82.6 cm³/mol. The molecule has 1 heterocycles. The zero-order valence-electron chi connectivity index (χ0n) is 12.6. The summed E-state index contributed by atoms with van der Waals surface area (Å²) in [7, 11) is 0. The van der Waals surface area contributed by atoms with E-state index in [9.17, 15) is 4.79 Å². The number of rotatable bonds is 4. The van der Waals surface area contributed by atoms with Crippen molar-refractivity contribution in [1.82, 2.24) is 9.80 Å². The van der Waals surface area contributed by atoms with Crippen LogP contribution in [0.25, 0.3) is 0 Å². The number of aryl methyl sites for hydroxylation is 2. The highest BCUT2D eigenvalue weighted by Gasteiger charge is 2.19. The van der Waals surface area contributed by atoms with Crippen LogP contribution in [0.2, 0.25) is 0 Å². The van der Waals surface area contributed by atoms with Crippen LogP contribution < -0.4 is 5.73 Å². The molecule has 1 aliphatic rings. The molecule has 0 bridgehead atoms. The normalized spacial score (nSPS) is 16.4. The van der Waals surface area contributed by atoms with Gasteiger partial charge in [-0.25, -0.2) is 0 Å². The Hall–Kier alpha value is -1.55. The molecular weight excluding hydrogens is 250 g/mol. The van der Waals surface area contributed by atoms with Crippen LogP contribution in [0, 0.1) is 6.92 Å². The fourth-order valence-corrected chi connectivity index (χ4v) is 2.57. The second-order valence-electron chi connectivity index (χ2n) is 5.51. The van der Waals surface area contributed by atoms with E-state index in [1.54, 1.807) is 0 Å². The Morgan fingerprint density at radius 2 is 1.95 bits per heavy atom. The molecule has 1 fully saturated rings. The van der Waals surface area contributed by atoms with Gasteiger partial charge in [-0.3, -0.25) is 4.79 Å². The zero-order valence-corrected chi connectivity index (χ0v) is 12.6. The first kappa shape index (κ1) is 14.9. The van der Waals surface area contributed by atoms with Gasteiger partial charge in [0.2, 0.25) is 5.91 Å². The lowest BCUT2D eigenvalue weighted by Gasteiger charge is -2.34. The molecule has 0 aromatic heterocycles. The van der Waals surface area contributed by atoms with Crippen molar-refractivity contribution in [2.24, 2.45) is 0 Å². The third kappa shape index (κ3) is 3.73. The van der Waals surface area contributed by atoms with Crippen molar-refractivity contribution in [3.63, 3.8) is 0 Å². The summed E-state index contributed by atoms with van der Waals surface area (Å²) < 4.78 is 0. The number of anilines is 1. The van der Waals surface area contributed by atoms with Gasteiger partial charge in [0.25, 0.3) is 0 Å². The Morgan fingerprint density at radius 1 is 1.25 bits per heavy atom. The highest BCUT2D eigenvalue weighted by atomic mass is 16.2. The van der Waals surface area contributed by atoms with E-state index in [2.05, 4.69) is 17.9 Å². The molecular formula is C16H25N3O. The molecule has 0 atom stereocenters. The van der Waals surface area contributed by atoms with Gasteiger partial charge in [-0.1, -0.05) is 19.1 Å². The van der Waals surface area contributed by atoms with Crippen molar-refractivity contribution >= 4 is 11.6 Å². The van der Waals surface area contributed by atoms with Gasteiger partial charge in [-0.15, -0.1) is 0 Å². The van der Waals surface area contributed by atoms with Crippen molar-refractivity contribution in [3.8, 4) is 0 Å². The number of amides is 1. The van der Waals surface area contributed by atoms with Crippen LogP contribution in [0.4, 0.5) is 5.69 Å². The quantitative estimate of drug-likeness (QED) is 0.851. The third-order valence-corrected chi connectivity index (χ3v) is 4.14. The predicted octanol–water partition coefficient (Wildman–Crippen LogP) is 1.67. The van der Waals surface area contributed by atoms with Crippen LogP contribution in [0.5, 0.6) is 0 Å². The lowest BCUT2D eigenvalue weighted by atomic mass is 10.1. The summed E-state index contributed by atoms with van der Waals surface area (Å²) in [6.07, 6.45) is 1.35. The first-order valence-electron chi connectivity index (χ1n) is 7.45. The summed E-state index contributed by atoms with van der Waals surface area (Å²) in [6, 6.07) is 6.07. The third-order valence-electron chi connectivity index (χ3n) is 4.14. The zero-order chi connectivity index (χ0) is 14.5. The monoisotopic (exact) mass is 275 g/mol. The van der Waals surface area contributed by atoms with E-state index in [1.807, 2.05) is 24.0 Å². The van der Waals surface area contributed by atoms with Gasteiger partial charge >= 0.3 is 0 Å². The highest BCUT2D eigenvalue weighted by Crippen LogP contribution is 2.15. The summed E-state index contributed by atoms with van der Waals surface area (Å²) in [5.74, 6) is 0.264. The number of piperazine rings is 1. The molecule has 1 amide bonds. The Labute approximate surface area is 121 Å². The van der Waals surface area contributed by atoms with Crippen LogP contribution >= 0.6 is 0 Å². The number of hydrogen-bond acceptors (Lipinski definition) is 3. The highest BCUT2D eigenvalue weighted by molar-refractivity contribution is 5.76. The van der Waals surface area contributed by atoms with Crippen LogP contribution in [0.3, 0.4) is 0 Å². The maximum absolute atomic E-state index is 12.2. The number of carbonyl (C=O) groups excluding carboxylic acids is 1. The van der Waals surface area contributed by atoms with Crippen molar-refractivity contribution in [2.45, 2.75) is 26.7 Å². The Bertz CT molecular complexity index is 465. The number of nitrogens with zero attached hydrogens (tertiary/aromatic N) is 2. The summed E-state index contributed by atoms with van der Waals surface area (Å²) in [5.41, 5.74) is 8.95. The number of carbonyl (C=O) groups is 1. The number of likely N-dealkylation sites (N-methyl/N-ethyl adjacent to an activating group) is 1. The van der Waals surface area contributed by atoms with Gasteiger partial charge in [0.05, 0.1) is 0 Å². The van der Waals surface area contributed by atoms with Crippen LogP contribution in [0.15, 0.2) is 18.2 Å². The summed E-state index contributed by atoms with van der Waals surface area (Å²) in [6.45, 7) is 8.96. The molecule has 2 N–H and O–H groups in total. The molecule has 110 valence electrons. The Kier molecular flexibility index (Phi) is 5.01. The standard InChI is InChI=1S/C16H25N3O/c1-3-18-8-10-19(11-9-18)16(20)7-6-14-5-4-13(2)15(17)12-14/h4-5,12H,3,6-11,17H2,1-2H3. The van der Waals surface area contributed by atoms with E-state index < -0.39 is 0 Å². The van der Waals surface area contributed by atoms with Crippen molar-refractivity contribution < 1.29 is 4.79 Å². The van der Waals surface area contributed by atoms with Crippen molar-refractivity contribution in [2.75, 3.05) is 38.5 Å². The van der Waals surface area contributed by atoms with Crippen molar-refractivity contribution in [3.05, 3.63) is 29.3 Å². The molecule has 0 aliphatic carbocycles. The van der Waals surface area contributed by atoms with Gasteiger partial charge in [0.1, 0.15) is 0 Å². The average molecular weight is 275 g/mol. The summed E-state index contributed by atoms with van der Waals surface area (Å²) in [4.78, 5) is 16.6. The topological polar surface area (TPSA) is 49.6 Å². The van der Waals surface area contributed by atoms with Crippen molar-refractivity contribution in [1.29, 1.82) is 0 Å². The number of benzene rings is 1. The molecule has 1 saturated heterocycles. The first-order chi connectivity index (χ1) is 9.60. The molecule has 4 heteroatoms. The van der Waals surface area contributed by atoms with Crippen LogP contribution in [-0.2, 0) is 11.2 Å². The van der Waals surface area contributed by atoms with Gasteiger partial charge in [-0.2, -0.15) is 0 Å². The average Bonchev–Trinajstić information content (AvgIpc) is 2.48. The Balaban J connectivity index is 1.81. The second kappa shape index (κ2) is 6.75. The molecule has 4 nitrogen and oxygen atoms in total. The van der Waals surface area contributed by atoms with Gasteiger partial charge in [0, 0.05) is 38.3 Å². The van der Waals surface area contributed by atoms with E-state index in [0.717, 1.165) is 56.0 Å². The SMILES string of the molecule is CCN1CCN(C(=O)CCc2ccc(C)c(N)c2)CC1. The molecule has 1 aliphatic heterocycles. The number of nitrogens with two attached hydrogens (primary N) is 1. The summed E-state index contributed by atoms with van der Waals surface area (Å²) in [5, 5.41) is 0. The van der Waals surface area contributed by atoms with Gasteiger partial charge in [-0.05, 0) is 37.1 Å². The van der Waals surface area contributed by atoms with Gasteiger partial charge < -0.3 is 15.5 Å². The summed E-state index contributed by atoms with van der Waals surface area (Å²) >= 11 is 0. The lowest BCUT2D eigenvalue weighted by molar-refractivity contribution is -0.132. The molecule has 20 heavy (non-hydrogen) atoms. The maximum Gasteiger partial charge on any atom is 0.222 e. The molecule has 2 rings (SSSR count).